The predicted molar refractivity (Wildman–Crippen MR) is 102 cm³/mol. The lowest BCUT2D eigenvalue weighted by molar-refractivity contribution is 0.174. The summed E-state index contributed by atoms with van der Waals surface area (Å²) < 4.78 is 28.4. The molecule has 1 aromatic heterocycles. The lowest BCUT2D eigenvalue weighted by Crippen LogP contribution is -2.22. The summed E-state index contributed by atoms with van der Waals surface area (Å²) in [6.45, 7) is 0.706. The molecule has 0 atom stereocenters. The summed E-state index contributed by atoms with van der Waals surface area (Å²) in [5.41, 5.74) is 1.30. The van der Waals surface area contributed by atoms with Gasteiger partial charge in [-0.25, -0.2) is 4.98 Å². The first-order valence-corrected chi connectivity index (χ1v) is 8.73. The van der Waals surface area contributed by atoms with Gasteiger partial charge >= 0.3 is 0 Å². The molecular weight excluding hydrogens is 364 g/mol. The molecule has 8 nitrogen and oxygen atoms in total. The molecule has 0 aliphatic carbocycles. The number of benzene rings is 2. The molecule has 1 aliphatic heterocycles. The third-order valence-corrected chi connectivity index (χ3v) is 4.70. The molecule has 28 heavy (non-hydrogen) atoms. The van der Waals surface area contributed by atoms with Crippen LogP contribution < -0.4 is 29.2 Å². The summed E-state index contributed by atoms with van der Waals surface area (Å²) in [4.78, 5) is 17.4. The fourth-order valence-electron chi connectivity index (χ4n) is 3.27. The van der Waals surface area contributed by atoms with Crippen molar-refractivity contribution in [3.8, 4) is 28.7 Å². The highest BCUT2D eigenvalue weighted by Gasteiger charge is 2.19. The van der Waals surface area contributed by atoms with Gasteiger partial charge in [-0.15, -0.1) is 0 Å². The lowest BCUT2D eigenvalue weighted by atomic mass is 10.1. The van der Waals surface area contributed by atoms with Crippen molar-refractivity contribution in [2.75, 3.05) is 28.1 Å². The molecule has 0 spiro atoms. The van der Waals surface area contributed by atoms with E-state index in [0.717, 1.165) is 17.1 Å². The second kappa shape index (κ2) is 7.30. The Kier molecular flexibility index (Phi) is 4.68. The van der Waals surface area contributed by atoms with Gasteiger partial charge in [-0.2, -0.15) is 0 Å². The first kappa shape index (κ1) is 18.0. The van der Waals surface area contributed by atoms with Crippen LogP contribution in [0.15, 0.2) is 35.4 Å². The molecule has 0 unspecified atom stereocenters. The van der Waals surface area contributed by atoms with E-state index in [1.807, 2.05) is 18.2 Å². The van der Waals surface area contributed by atoms with Crippen molar-refractivity contribution < 1.29 is 23.7 Å². The summed E-state index contributed by atoms with van der Waals surface area (Å²) in [5, 5.41) is 0.405. The van der Waals surface area contributed by atoms with Crippen molar-refractivity contribution in [2.45, 2.75) is 13.0 Å². The van der Waals surface area contributed by atoms with Crippen LogP contribution in [0.4, 0.5) is 0 Å². The summed E-state index contributed by atoms with van der Waals surface area (Å²) in [6.07, 6.45) is 2.17. The fraction of sp³-hybridized carbons (Fsp3) is 0.300. The molecule has 0 bridgehead atoms. The Balaban J connectivity index is 1.68. The molecule has 4 rings (SSSR count). The van der Waals surface area contributed by atoms with Crippen LogP contribution in [0, 0.1) is 0 Å². The summed E-state index contributed by atoms with van der Waals surface area (Å²) in [5.74, 6) is 2.66. The summed E-state index contributed by atoms with van der Waals surface area (Å²) >= 11 is 0. The molecule has 1 aliphatic rings. The van der Waals surface area contributed by atoms with E-state index < -0.39 is 0 Å². The second-order valence-corrected chi connectivity index (χ2v) is 6.22. The molecule has 3 aromatic rings. The van der Waals surface area contributed by atoms with Crippen molar-refractivity contribution in [3.05, 3.63) is 46.5 Å². The predicted octanol–water partition coefficient (Wildman–Crippen LogP) is 2.39. The molecule has 0 fully saturated rings. The van der Waals surface area contributed by atoms with Crippen molar-refractivity contribution in [1.29, 1.82) is 0 Å². The van der Waals surface area contributed by atoms with Gasteiger partial charge in [0.05, 0.1) is 33.0 Å². The normalized spacial score (nSPS) is 12.2. The minimum atomic E-state index is -0.176. The van der Waals surface area contributed by atoms with Crippen molar-refractivity contribution in [2.24, 2.45) is 0 Å². The Morgan fingerprint density at radius 2 is 1.82 bits per heavy atom. The van der Waals surface area contributed by atoms with Gasteiger partial charge in [0, 0.05) is 6.54 Å². The molecule has 2 heterocycles. The maximum Gasteiger partial charge on any atom is 0.261 e. The molecule has 0 saturated heterocycles. The van der Waals surface area contributed by atoms with Gasteiger partial charge in [-0.05, 0) is 30.2 Å². The van der Waals surface area contributed by atoms with E-state index >= 15 is 0 Å². The van der Waals surface area contributed by atoms with Crippen LogP contribution >= 0.6 is 0 Å². The minimum absolute atomic E-state index is 0.176. The zero-order valence-electron chi connectivity index (χ0n) is 15.9. The number of fused-ring (bicyclic) bond motifs is 2. The number of nitrogens with zero attached hydrogens (tertiary/aromatic N) is 2. The largest absolute Gasteiger partial charge is 0.493 e. The van der Waals surface area contributed by atoms with E-state index in [-0.39, 0.29) is 12.4 Å². The highest BCUT2D eigenvalue weighted by Crippen LogP contribution is 2.41. The minimum Gasteiger partial charge on any atom is -0.493 e. The second-order valence-electron chi connectivity index (χ2n) is 6.22. The maximum atomic E-state index is 13.0. The lowest BCUT2D eigenvalue weighted by Gasteiger charge is -2.15. The molecule has 146 valence electrons. The van der Waals surface area contributed by atoms with Crippen LogP contribution in [0.5, 0.6) is 28.7 Å². The van der Waals surface area contributed by atoms with Crippen molar-refractivity contribution in [3.63, 3.8) is 0 Å². The zero-order chi connectivity index (χ0) is 19.7. The molecule has 2 aromatic carbocycles. The van der Waals surface area contributed by atoms with Gasteiger partial charge < -0.3 is 23.7 Å². The molecule has 8 heteroatoms. The van der Waals surface area contributed by atoms with Crippen LogP contribution in [-0.4, -0.2) is 37.7 Å². The van der Waals surface area contributed by atoms with Gasteiger partial charge in [0.2, 0.25) is 12.5 Å². The molecule has 0 N–H and O–H groups in total. The average Bonchev–Trinajstić information content (AvgIpc) is 3.19. The number of rotatable bonds is 6. The van der Waals surface area contributed by atoms with E-state index in [4.69, 9.17) is 23.7 Å². The Morgan fingerprint density at radius 1 is 1.04 bits per heavy atom. The van der Waals surface area contributed by atoms with Crippen LogP contribution in [0.1, 0.15) is 5.56 Å². The first-order valence-electron chi connectivity index (χ1n) is 8.73. The summed E-state index contributed by atoms with van der Waals surface area (Å²) in [7, 11) is 4.53. The summed E-state index contributed by atoms with van der Waals surface area (Å²) in [6, 6.07) is 7.40. The van der Waals surface area contributed by atoms with E-state index in [2.05, 4.69) is 4.98 Å². The third-order valence-electron chi connectivity index (χ3n) is 4.70. The standard InChI is InChI=1S/C20H20N2O6/c1-24-16-9-13-17(19(26-3)18(16)25-2)21-10-22(20(13)23)7-6-12-4-5-14-15(8-12)28-11-27-14/h4-5,8-10H,6-7,11H2,1-3H3. The van der Waals surface area contributed by atoms with Gasteiger partial charge in [0.25, 0.3) is 5.56 Å². The van der Waals surface area contributed by atoms with E-state index in [9.17, 15) is 4.79 Å². The maximum absolute atomic E-state index is 13.0. The smallest absolute Gasteiger partial charge is 0.261 e. The Labute approximate surface area is 161 Å². The number of methoxy groups -OCH3 is 3. The number of ether oxygens (including phenoxy) is 5. The molecule has 0 radical (unpaired) electrons. The number of aryl methyl sites for hydroxylation is 2. The quantitative estimate of drug-likeness (QED) is 0.645. The topological polar surface area (TPSA) is 81.0 Å². The van der Waals surface area contributed by atoms with Gasteiger partial charge in [-0.1, -0.05) is 6.07 Å². The van der Waals surface area contributed by atoms with Crippen LogP contribution in [-0.2, 0) is 13.0 Å². The highest BCUT2D eigenvalue weighted by atomic mass is 16.7. The Morgan fingerprint density at radius 3 is 2.57 bits per heavy atom. The van der Waals surface area contributed by atoms with Gasteiger partial charge in [0.1, 0.15) is 5.52 Å². The SMILES string of the molecule is COc1cc2c(=O)n(CCc3ccc4c(c3)OCO4)cnc2c(OC)c1OC. The van der Waals surface area contributed by atoms with Crippen LogP contribution in [0.2, 0.25) is 0 Å². The fourth-order valence-corrected chi connectivity index (χ4v) is 3.27. The van der Waals surface area contributed by atoms with Crippen LogP contribution in [0.3, 0.4) is 0 Å². The average molecular weight is 384 g/mol. The number of hydrogen-bond donors (Lipinski definition) is 0. The van der Waals surface area contributed by atoms with Crippen molar-refractivity contribution in [1.82, 2.24) is 9.55 Å². The van der Waals surface area contributed by atoms with E-state index in [1.165, 1.54) is 27.7 Å². The zero-order valence-corrected chi connectivity index (χ0v) is 15.9. The van der Waals surface area contributed by atoms with Gasteiger partial charge in [0.15, 0.2) is 23.0 Å². The molecule has 0 saturated carbocycles. The van der Waals surface area contributed by atoms with Gasteiger partial charge in [-0.3, -0.25) is 9.36 Å². The van der Waals surface area contributed by atoms with E-state index in [1.54, 1.807) is 10.6 Å². The van der Waals surface area contributed by atoms with Crippen molar-refractivity contribution >= 4 is 10.9 Å². The monoisotopic (exact) mass is 384 g/mol. The molecule has 0 amide bonds. The number of aromatic nitrogens is 2. The highest BCUT2D eigenvalue weighted by molar-refractivity contribution is 5.89. The number of hydrogen-bond acceptors (Lipinski definition) is 7. The van der Waals surface area contributed by atoms with Crippen LogP contribution in [0.25, 0.3) is 10.9 Å². The Hall–Kier alpha value is -3.42. The Bertz CT molecular complexity index is 1090. The third kappa shape index (κ3) is 2.96. The first-order chi connectivity index (χ1) is 13.7. The van der Waals surface area contributed by atoms with E-state index in [0.29, 0.717) is 41.1 Å². The molecular formula is C20H20N2O6.